The van der Waals surface area contributed by atoms with E-state index < -0.39 is 0 Å². The van der Waals surface area contributed by atoms with Gasteiger partial charge >= 0.3 is 0 Å². The van der Waals surface area contributed by atoms with Crippen molar-refractivity contribution in [2.24, 2.45) is 0 Å². The molecule has 6 heteroatoms. The molecule has 1 aliphatic rings. The average molecular weight is 348 g/mol. The van der Waals surface area contributed by atoms with Gasteiger partial charge in [0.15, 0.2) is 5.82 Å². The third-order valence-corrected chi connectivity index (χ3v) is 4.57. The van der Waals surface area contributed by atoms with Crippen LogP contribution in [0.1, 0.15) is 31.2 Å². The molecule has 5 nitrogen and oxygen atoms in total. The number of hydrogen-bond donors (Lipinski definition) is 2. The highest BCUT2D eigenvalue weighted by Crippen LogP contribution is 2.23. The number of anilines is 3. The Kier molecular flexibility index (Phi) is 4.34. The van der Waals surface area contributed by atoms with Crippen LogP contribution in [-0.2, 0) is 0 Å². The highest BCUT2D eigenvalue weighted by atomic mass is 79.9. The first-order valence-corrected chi connectivity index (χ1v) is 7.99. The molecule has 0 aliphatic heterocycles. The minimum atomic E-state index is 0.514. The van der Waals surface area contributed by atoms with E-state index in [-0.39, 0.29) is 0 Å². The van der Waals surface area contributed by atoms with E-state index in [1.807, 2.05) is 25.1 Å². The summed E-state index contributed by atoms with van der Waals surface area (Å²) in [6.07, 6.45) is 6.67. The van der Waals surface area contributed by atoms with Gasteiger partial charge in [0.1, 0.15) is 0 Å². The van der Waals surface area contributed by atoms with Crippen LogP contribution in [0.5, 0.6) is 0 Å². The minimum absolute atomic E-state index is 0.514. The predicted molar refractivity (Wildman–Crippen MR) is 87.9 cm³/mol. The Morgan fingerprint density at radius 2 is 2.05 bits per heavy atom. The number of benzene rings is 1. The maximum Gasteiger partial charge on any atom is 0.249 e. The Bertz CT molecular complexity index is 625. The molecule has 1 aromatic carbocycles. The van der Waals surface area contributed by atoms with Crippen LogP contribution in [0, 0.1) is 6.92 Å². The zero-order valence-electron chi connectivity index (χ0n) is 11.9. The van der Waals surface area contributed by atoms with Gasteiger partial charge in [-0.2, -0.15) is 10.1 Å². The Labute approximate surface area is 132 Å². The molecule has 1 saturated carbocycles. The molecule has 0 bridgehead atoms. The van der Waals surface area contributed by atoms with E-state index in [4.69, 9.17) is 0 Å². The maximum absolute atomic E-state index is 4.48. The van der Waals surface area contributed by atoms with Crippen molar-refractivity contribution < 1.29 is 0 Å². The van der Waals surface area contributed by atoms with Crippen LogP contribution in [0.2, 0.25) is 0 Å². The fourth-order valence-corrected chi connectivity index (χ4v) is 2.80. The quantitative estimate of drug-likeness (QED) is 0.873. The summed E-state index contributed by atoms with van der Waals surface area (Å²) in [7, 11) is 0. The normalized spacial score (nSPS) is 15.1. The van der Waals surface area contributed by atoms with Gasteiger partial charge in [-0.05, 0) is 43.5 Å². The summed E-state index contributed by atoms with van der Waals surface area (Å²) in [4.78, 5) is 4.48. The molecule has 2 aromatic rings. The largest absolute Gasteiger partial charge is 0.366 e. The molecule has 1 aliphatic carbocycles. The first kappa shape index (κ1) is 14.3. The highest BCUT2D eigenvalue weighted by molar-refractivity contribution is 9.10. The van der Waals surface area contributed by atoms with E-state index in [0.717, 1.165) is 21.5 Å². The smallest absolute Gasteiger partial charge is 0.249 e. The van der Waals surface area contributed by atoms with E-state index in [9.17, 15) is 0 Å². The number of aryl methyl sites for hydroxylation is 1. The SMILES string of the molecule is Cc1cc(Nc2nncc(NC3CCCC3)n2)ccc1Br. The van der Waals surface area contributed by atoms with Crippen molar-refractivity contribution in [1.29, 1.82) is 0 Å². The van der Waals surface area contributed by atoms with Crippen molar-refractivity contribution >= 4 is 33.4 Å². The fourth-order valence-electron chi connectivity index (χ4n) is 2.56. The molecule has 3 rings (SSSR count). The Hall–Kier alpha value is -1.69. The van der Waals surface area contributed by atoms with Crippen LogP contribution >= 0.6 is 15.9 Å². The topological polar surface area (TPSA) is 62.7 Å². The third kappa shape index (κ3) is 3.69. The summed E-state index contributed by atoms with van der Waals surface area (Å²) in [5.74, 6) is 1.30. The number of aromatic nitrogens is 3. The van der Waals surface area contributed by atoms with Crippen molar-refractivity contribution in [2.75, 3.05) is 10.6 Å². The van der Waals surface area contributed by atoms with Crippen molar-refractivity contribution in [3.05, 3.63) is 34.4 Å². The molecule has 0 amide bonds. The van der Waals surface area contributed by atoms with Gasteiger partial charge in [0.05, 0.1) is 6.20 Å². The van der Waals surface area contributed by atoms with Gasteiger partial charge in [0.2, 0.25) is 5.95 Å². The van der Waals surface area contributed by atoms with E-state index in [1.165, 1.54) is 25.7 Å². The summed E-state index contributed by atoms with van der Waals surface area (Å²) >= 11 is 3.49. The molecule has 1 heterocycles. The Morgan fingerprint density at radius 1 is 1.24 bits per heavy atom. The van der Waals surface area contributed by atoms with Crippen molar-refractivity contribution in [3.8, 4) is 0 Å². The van der Waals surface area contributed by atoms with Crippen molar-refractivity contribution in [1.82, 2.24) is 15.2 Å². The molecule has 0 saturated heterocycles. The third-order valence-electron chi connectivity index (χ3n) is 3.68. The second-order valence-corrected chi connectivity index (χ2v) is 6.23. The lowest BCUT2D eigenvalue weighted by Crippen LogP contribution is -2.16. The average Bonchev–Trinajstić information content (AvgIpc) is 2.96. The lowest BCUT2D eigenvalue weighted by Gasteiger charge is -2.12. The lowest BCUT2D eigenvalue weighted by molar-refractivity contribution is 0.747. The maximum atomic E-state index is 4.48. The predicted octanol–water partition coefficient (Wildman–Crippen LogP) is 4.04. The molecule has 0 unspecified atom stereocenters. The highest BCUT2D eigenvalue weighted by Gasteiger charge is 2.15. The number of halogens is 1. The zero-order valence-corrected chi connectivity index (χ0v) is 13.5. The van der Waals surface area contributed by atoms with Gasteiger partial charge in [-0.15, -0.1) is 5.10 Å². The monoisotopic (exact) mass is 347 g/mol. The summed E-state index contributed by atoms with van der Waals surface area (Å²) in [5.41, 5.74) is 2.11. The summed E-state index contributed by atoms with van der Waals surface area (Å²) in [6, 6.07) is 6.55. The van der Waals surface area contributed by atoms with Crippen LogP contribution < -0.4 is 10.6 Å². The van der Waals surface area contributed by atoms with Crippen molar-refractivity contribution in [2.45, 2.75) is 38.6 Å². The van der Waals surface area contributed by atoms with E-state index in [0.29, 0.717) is 12.0 Å². The van der Waals surface area contributed by atoms with Gasteiger partial charge in [-0.1, -0.05) is 28.8 Å². The van der Waals surface area contributed by atoms with Gasteiger partial charge in [0, 0.05) is 16.2 Å². The van der Waals surface area contributed by atoms with Gasteiger partial charge in [0.25, 0.3) is 0 Å². The van der Waals surface area contributed by atoms with Crippen LogP contribution in [-0.4, -0.2) is 21.2 Å². The summed E-state index contributed by atoms with van der Waals surface area (Å²) < 4.78 is 1.09. The molecule has 2 N–H and O–H groups in total. The molecule has 0 radical (unpaired) electrons. The van der Waals surface area contributed by atoms with Crippen LogP contribution in [0.15, 0.2) is 28.9 Å². The summed E-state index contributed by atoms with van der Waals surface area (Å²) in [5, 5.41) is 14.7. The Balaban J connectivity index is 1.71. The first-order chi connectivity index (χ1) is 10.2. The standard InChI is InChI=1S/C15H18BrN5/c1-10-8-12(6-7-13(10)16)19-15-20-14(9-17-21-15)18-11-4-2-3-5-11/h6-9,11H,2-5H2,1H3,(H2,18,19,20,21). The van der Waals surface area contributed by atoms with Crippen LogP contribution in [0.4, 0.5) is 17.5 Å². The summed E-state index contributed by atoms with van der Waals surface area (Å²) in [6.45, 7) is 2.05. The number of nitrogens with one attached hydrogen (secondary N) is 2. The van der Waals surface area contributed by atoms with Crippen molar-refractivity contribution in [3.63, 3.8) is 0 Å². The molecule has 0 atom stereocenters. The van der Waals surface area contributed by atoms with E-state index in [2.05, 4.69) is 41.7 Å². The molecule has 0 spiro atoms. The first-order valence-electron chi connectivity index (χ1n) is 7.20. The molecule has 1 fully saturated rings. The second kappa shape index (κ2) is 6.39. The van der Waals surface area contributed by atoms with Crippen LogP contribution in [0.3, 0.4) is 0 Å². The molecule has 21 heavy (non-hydrogen) atoms. The molecular formula is C15H18BrN5. The fraction of sp³-hybridized carbons (Fsp3) is 0.400. The molecule has 1 aromatic heterocycles. The number of nitrogens with zero attached hydrogens (tertiary/aromatic N) is 3. The van der Waals surface area contributed by atoms with Gasteiger partial charge in [-0.3, -0.25) is 0 Å². The number of hydrogen-bond acceptors (Lipinski definition) is 5. The van der Waals surface area contributed by atoms with Gasteiger partial charge < -0.3 is 10.6 Å². The lowest BCUT2D eigenvalue weighted by atomic mass is 10.2. The second-order valence-electron chi connectivity index (χ2n) is 5.38. The Morgan fingerprint density at radius 3 is 2.81 bits per heavy atom. The van der Waals surface area contributed by atoms with Gasteiger partial charge in [-0.25, -0.2) is 0 Å². The minimum Gasteiger partial charge on any atom is -0.366 e. The van der Waals surface area contributed by atoms with E-state index in [1.54, 1.807) is 6.20 Å². The molecule has 110 valence electrons. The number of rotatable bonds is 4. The van der Waals surface area contributed by atoms with Crippen LogP contribution in [0.25, 0.3) is 0 Å². The molecular weight excluding hydrogens is 330 g/mol. The zero-order chi connectivity index (χ0) is 14.7. The van der Waals surface area contributed by atoms with E-state index >= 15 is 0 Å².